The number of esters is 1. The number of hydrogen-bond donors (Lipinski definition) is 0. The van der Waals surface area contributed by atoms with Crippen molar-refractivity contribution in [1.29, 1.82) is 0 Å². The first-order chi connectivity index (χ1) is 8.29. The van der Waals surface area contributed by atoms with Gasteiger partial charge in [0.1, 0.15) is 5.60 Å². The smallest absolute Gasteiger partial charge is 0.312 e. The molecule has 100 valence electrons. The minimum atomic E-state index is -0.527. The normalized spacial score (nSPS) is 14.9. The van der Waals surface area contributed by atoms with E-state index in [-0.39, 0.29) is 5.97 Å². The van der Waals surface area contributed by atoms with Crippen molar-refractivity contribution in [2.75, 3.05) is 0 Å². The van der Waals surface area contributed by atoms with Gasteiger partial charge in [0.15, 0.2) is 0 Å². The van der Waals surface area contributed by atoms with E-state index in [2.05, 4.69) is 6.92 Å². The van der Waals surface area contributed by atoms with E-state index in [0.717, 1.165) is 18.4 Å². The van der Waals surface area contributed by atoms with Gasteiger partial charge in [0, 0.05) is 0 Å². The fourth-order valence-corrected chi connectivity index (χ4v) is 1.88. The Morgan fingerprint density at radius 2 is 1.67 bits per heavy atom. The lowest BCUT2D eigenvalue weighted by atomic mass is 9.89. The van der Waals surface area contributed by atoms with E-state index in [1.54, 1.807) is 0 Å². The van der Waals surface area contributed by atoms with Crippen molar-refractivity contribution in [3.8, 4) is 0 Å². The van der Waals surface area contributed by atoms with Crippen LogP contribution in [0.1, 0.15) is 53.0 Å². The molecule has 1 aromatic rings. The molecule has 1 atom stereocenters. The van der Waals surface area contributed by atoms with Crippen LogP contribution in [0.5, 0.6) is 0 Å². The van der Waals surface area contributed by atoms with Crippen molar-refractivity contribution in [2.45, 2.75) is 53.1 Å². The van der Waals surface area contributed by atoms with Crippen LogP contribution in [0.25, 0.3) is 0 Å². The Morgan fingerprint density at radius 3 is 2.11 bits per heavy atom. The van der Waals surface area contributed by atoms with E-state index < -0.39 is 11.0 Å². The Kier molecular flexibility index (Phi) is 4.55. The van der Waals surface area contributed by atoms with Gasteiger partial charge in [-0.3, -0.25) is 4.79 Å². The quantitative estimate of drug-likeness (QED) is 0.743. The number of rotatable bonds is 4. The maximum Gasteiger partial charge on any atom is 0.312 e. The molecule has 2 heteroatoms. The summed E-state index contributed by atoms with van der Waals surface area (Å²) in [5.41, 5.74) is 0.0638. The molecule has 0 fully saturated rings. The first-order valence-corrected chi connectivity index (χ1v) is 6.58. The molecule has 0 bridgehead atoms. The van der Waals surface area contributed by atoms with E-state index in [1.807, 2.05) is 58.0 Å². The predicted octanol–water partition coefficient (Wildman–Crippen LogP) is 4.29. The molecule has 0 saturated carbocycles. The summed E-state index contributed by atoms with van der Waals surface area (Å²) in [6.07, 6.45) is 1.81. The van der Waals surface area contributed by atoms with Crippen LogP contribution < -0.4 is 0 Å². The van der Waals surface area contributed by atoms with E-state index in [4.69, 9.17) is 4.74 Å². The first kappa shape index (κ1) is 14.7. The van der Waals surface area contributed by atoms with Gasteiger partial charge >= 0.3 is 5.97 Å². The lowest BCUT2D eigenvalue weighted by Crippen LogP contribution is -2.34. The highest BCUT2D eigenvalue weighted by Gasteiger charge is 2.34. The summed E-state index contributed by atoms with van der Waals surface area (Å²) in [5.74, 6) is -0.151. The number of ether oxygens (including phenoxy) is 1. The minimum absolute atomic E-state index is 0.151. The molecule has 0 aliphatic carbocycles. The van der Waals surface area contributed by atoms with Gasteiger partial charge in [-0.05, 0) is 39.7 Å². The molecule has 0 heterocycles. The molecule has 0 spiro atoms. The Balaban J connectivity index is 2.98. The largest absolute Gasteiger partial charge is 0.454 e. The number of carbonyl (C=O) groups excluding carboxylic acids is 1. The third-order valence-electron chi connectivity index (χ3n) is 3.04. The standard InChI is InChI=1S/C16H24O2/c1-6-12-16(5,13-10-8-7-9-11-13)18-14(17)15(2,3)4/h7-11H,6,12H2,1-5H3. The zero-order valence-corrected chi connectivity index (χ0v) is 12.1. The Hall–Kier alpha value is -1.31. The minimum Gasteiger partial charge on any atom is -0.454 e. The summed E-state index contributed by atoms with van der Waals surface area (Å²) in [5, 5.41) is 0. The predicted molar refractivity (Wildman–Crippen MR) is 74.2 cm³/mol. The van der Waals surface area contributed by atoms with Crippen LogP contribution in [0.4, 0.5) is 0 Å². The fourth-order valence-electron chi connectivity index (χ4n) is 1.88. The van der Waals surface area contributed by atoms with Gasteiger partial charge in [0.05, 0.1) is 5.41 Å². The summed E-state index contributed by atoms with van der Waals surface area (Å²) in [6.45, 7) is 9.74. The molecule has 18 heavy (non-hydrogen) atoms. The summed E-state index contributed by atoms with van der Waals surface area (Å²) in [6, 6.07) is 9.97. The van der Waals surface area contributed by atoms with Gasteiger partial charge in [-0.1, -0.05) is 43.7 Å². The molecule has 2 nitrogen and oxygen atoms in total. The third-order valence-corrected chi connectivity index (χ3v) is 3.04. The van der Waals surface area contributed by atoms with E-state index >= 15 is 0 Å². The molecular weight excluding hydrogens is 224 g/mol. The van der Waals surface area contributed by atoms with Crippen LogP contribution in [0, 0.1) is 5.41 Å². The van der Waals surface area contributed by atoms with Gasteiger partial charge in [-0.2, -0.15) is 0 Å². The molecular formula is C16H24O2. The van der Waals surface area contributed by atoms with Gasteiger partial charge in [-0.15, -0.1) is 0 Å². The van der Waals surface area contributed by atoms with Crippen molar-refractivity contribution in [3.63, 3.8) is 0 Å². The average molecular weight is 248 g/mol. The monoisotopic (exact) mass is 248 g/mol. The molecule has 1 aromatic carbocycles. The topological polar surface area (TPSA) is 26.3 Å². The molecule has 0 N–H and O–H groups in total. The van der Waals surface area contributed by atoms with Gasteiger partial charge < -0.3 is 4.74 Å². The van der Waals surface area contributed by atoms with Gasteiger partial charge in [0.25, 0.3) is 0 Å². The highest BCUT2D eigenvalue weighted by Crippen LogP contribution is 2.33. The highest BCUT2D eigenvalue weighted by molar-refractivity contribution is 5.76. The van der Waals surface area contributed by atoms with Crippen LogP contribution in [-0.4, -0.2) is 5.97 Å². The molecule has 0 radical (unpaired) electrons. The summed E-state index contributed by atoms with van der Waals surface area (Å²) in [4.78, 5) is 12.1. The molecule has 1 rings (SSSR count). The van der Waals surface area contributed by atoms with Crippen molar-refractivity contribution >= 4 is 5.97 Å². The third kappa shape index (κ3) is 3.59. The van der Waals surface area contributed by atoms with E-state index in [0.29, 0.717) is 0 Å². The van der Waals surface area contributed by atoms with Crippen molar-refractivity contribution in [1.82, 2.24) is 0 Å². The van der Waals surface area contributed by atoms with Gasteiger partial charge in [0.2, 0.25) is 0 Å². The maximum absolute atomic E-state index is 12.1. The second-order valence-electron chi connectivity index (χ2n) is 5.99. The first-order valence-electron chi connectivity index (χ1n) is 6.58. The van der Waals surface area contributed by atoms with Crippen LogP contribution in [0.3, 0.4) is 0 Å². The fraction of sp³-hybridized carbons (Fsp3) is 0.562. The van der Waals surface area contributed by atoms with E-state index in [1.165, 1.54) is 0 Å². The molecule has 1 unspecified atom stereocenters. The zero-order chi connectivity index (χ0) is 13.8. The number of benzene rings is 1. The summed E-state index contributed by atoms with van der Waals surface area (Å²) in [7, 11) is 0. The highest BCUT2D eigenvalue weighted by atomic mass is 16.6. The van der Waals surface area contributed by atoms with Crippen molar-refractivity contribution in [3.05, 3.63) is 35.9 Å². The second kappa shape index (κ2) is 5.55. The zero-order valence-electron chi connectivity index (χ0n) is 12.1. The summed E-state index contributed by atoms with van der Waals surface area (Å²) >= 11 is 0. The van der Waals surface area contributed by atoms with Crippen LogP contribution in [0.15, 0.2) is 30.3 Å². The van der Waals surface area contributed by atoms with Crippen LogP contribution in [0.2, 0.25) is 0 Å². The molecule has 0 amide bonds. The Bertz CT molecular complexity index is 389. The van der Waals surface area contributed by atoms with Crippen molar-refractivity contribution in [2.24, 2.45) is 5.41 Å². The average Bonchev–Trinajstić information content (AvgIpc) is 2.29. The second-order valence-corrected chi connectivity index (χ2v) is 5.99. The molecule has 0 aliphatic heterocycles. The van der Waals surface area contributed by atoms with Crippen LogP contribution in [-0.2, 0) is 15.1 Å². The van der Waals surface area contributed by atoms with Gasteiger partial charge in [-0.25, -0.2) is 0 Å². The van der Waals surface area contributed by atoms with Crippen LogP contribution >= 0.6 is 0 Å². The number of hydrogen-bond acceptors (Lipinski definition) is 2. The Morgan fingerprint density at radius 1 is 1.11 bits per heavy atom. The molecule has 0 saturated heterocycles. The maximum atomic E-state index is 12.1. The summed E-state index contributed by atoms with van der Waals surface area (Å²) < 4.78 is 5.79. The number of carbonyl (C=O) groups is 1. The molecule has 0 aromatic heterocycles. The van der Waals surface area contributed by atoms with Crippen molar-refractivity contribution < 1.29 is 9.53 Å². The lowest BCUT2D eigenvalue weighted by Gasteiger charge is -2.33. The SMILES string of the molecule is CCCC(C)(OC(=O)C(C)(C)C)c1ccccc1. The molecule has 0 aliphatic rings. The van der Waals surface area contributed by atoms with E-state index in [9.17, 15) is 4.79 Å². The lowest BCUT2D eigenvalue weighted by molar-refractivity contribution is -0.170. The Labute approximate surface area is 110 Å².